The standard InChI is InChI=1S/C48H40N4O8P4/c53-37-21-29-45(30-22-37)61(57-41-13-5-1-6-14-41)49-62(46-31-23-38(54)24-32-46,58-42-15-7-2-8-16-42)51-64(48-35-27-40(56)28-36-48,60-44-19-11-4-12-20-44)52-63(50-61,47-33-25-39(55)26-34-47)59-43-17-9-3-10-18-43/h1-36,53-56H. The van der Waals surface area contributed by atoms with Crippen LogP contribution in [0.5, 0.6) is 46.0 Å². The van der Waals surface area contributed by atoms with Crippen molar-refractivity contribution in [2.75, 3.05) is 0 Å². The zero-order valence-electron chi connectivity index (χ0n) is 33.8. The number of nitrogens with zero attached hydrogens (tertiary/aromatic N) is 4. The summed E-state index contributed by atoms with van der Waals surface area (Å²) in [5, 5.41) is 44.8. The van der Waals surface area contributed by atoms with Crippen LogP contribution in [-0.4, -0.2) is 20.4 Å². The minimum atomic E-state index is -4.07. The van der Waals surface area contributed by atoms with Gasteiger partial charge in [0.05, 0.1) is 21.2 Å². The molecule has 0 fully saturated rings. The van der Waals surface area contributed by atoms with Crippen LogP contribution in [0, 0.1) is 0 Å². The predicted octanol–water partition coefficient (Wildman–Crippen LogP) is 12.6. The maximum absolute atomic E-state index is 10.7. The summed E-state index contributed by atoms with van der Waals surface area (Å²) in [6.07, 6.45) is 0. The van der Waals surface area contributed by atoms with Gasteiger partial charge in [0, 0.05) is 0 Å². The van der Waals surface area contributed by atoms with Gasteiger partial charge in [-0.1, -0.05) is 72.8 Å². The van der Waals surface area contributed by atoms with Crippen molar-refractivity contribution in [1.29, 1.82) is 0 Å². The molecule has 0 aromatic heterocycles. The zero-order valence-corrected chi connectivity index (χ0v) is 37.4. The third-order valence-electron chi connectivity index (χ3n) is 9.62. The number of para-hydroxylation sites is 4. The average molecular weight is 925 g/mol. The Bertz CT molecular complexity index is 2660. The van der Waals surface area contributed by atoms with E-state index in [0.29, 0.717) is 44.2 Å². The van der Waals surface area contributed by atoms with E-state index in [0.717, 1.165) is 0 Å². The predicted molar refractivity (Wildman–Crippen MR) is 257 cm³/mol. The van der Waals surface area contributed by atoms with Gasteiger partial charge in [0.1, 0.15) is 46.0 Å². The van der Waals surface area contributed by atoms with Crippen molar-refractivity contribution in [2.24, 2.45) is 18.1 Å². The lowest BCUT2D eigenvalue weighted by molar-refractivity contribution is 0.475. The molecule has 64 heavy (non-hydrogen) atoms. The van der Waals surface area contributed by atoms with E-state index in [1.807, 2.05) is 72.8 Å². The molecule has 320 valence electrons. The van der Waals surface area contributed by atoms with E-state index in [-0.39, 0.29) is 23.0 Å². The highest BCUT2D eigenvalue weighted by Crippen LogP contribution is 2.78. The van der Waals surface area contributed by atoms with Crippen LogP contribution < -0.4 is 39.3 Å². The van der Waals surface area contributed by atoms with Crippen LogP contribution >= 0.6 is 29.7 Å². The van der Waals surface area contributed by atoms with Crippen molar-refractivity contribution in [3.05, 3.63) is 218 Å². The van der Waals surface area contributed by atoms with E-state index in [1.54, 1.807) is 97.1 Å². The van der Waals surface area contributed by atoms with Crippen molar-refractivity contribution in [3.63, 3.8) is 0 Å². The van der Waals surface area contributed by atoms with Crippen LogP contribution in [0.15, 0.2) is 236 Å². The Morgan fingerprint density at radius 1 is 0.234 bits per heavy atom. The molecular formula is C48H40N4O8P4. The lowest BCUT2D eigenvalue weighted by Gasteiger charge is -2.36. The van der Waals surface area contributed by atoms with Crippen molar-refractivity contribution in [1.82, 2.24) is 0 Å². The van der Waals surface area contributed by atoms with Crippen LogP contribution in [-0.2, 0) is 0 Å². The van der Waals surface area contributed by atoms with Crippen molar-refractivity contribution >= 4 is 50.9 Å². The second-order valence-corrected chi connectivity index (χ2v) is 24.2. The normalized spacial score (nSPS) is 21.5. The highest BCUT2D eigenvalue weighted by Gasteiger charge is 2.46. The first-order valence-corrected chi connectivity index (χ1v) is 26.3. The van der Waals surface area contributed by atoms with Crippen molar-refractivity contribution in [3.8, 4) is 46.0 Å². The molecule has 0 radical (unpaired) electrons. The third kappa shape index (κ3) is 9.10. The summed E-state index contributed by atoms with van der Waals surface area (Å²) in [4.78, 5) is 0. The van der Waals surface area contributed by atoms with Crippen LogP contribution in [0.3, 0.4) is 0 Å². The van der Waals surface area contributed by atoms with Gasteiger partial charge in [-0.3, -0.25) is 0 Å². The number of aromatic hydroxyl groups is 4. The number of phenols is 4. The molecule has 8 aromatic carbocycles. The second kappa shape index (κ2) is 18.1. The van der Waals surface area contributed by atoms with Gasteiger partial charge in [-0.05, 0) is 146 Å². The molecule has 0 bridgehead atoms. The molecule has 1 aliphatic heterocycles. The molecule has 0 amide bonds. The van der Waals surface area contributed by atoms with Crippen LogP contribution in [0.4, 0.5) is 0 Å². The maximum atomic E-state index is 10.7. The summed E-state index contributed by atoms with van der Waals surface area (Å²) in [5.74, 6) is 1.61. The van der Waals surface area contributed by atoms with Gasteiger partial charge >= 0.3 is 0 Å². The molecule has 1 heterocycles. The summed E-state index contributed by atoms with van der Waals surface area (Å²) in [5.41, 5.74) is 0. The molecule has 0 saturated carbocycles. The fraction of sp³-hybridized carbons (Fsp3) is 0. The summed E-state index contributed by atoms with van der Waals surface area (Å²) >= 11 is 0. The fourth-order valence-corrected chi connectivity index (χ4v) is 22.4. The minimum absolute atomic E-state index is 0.00294. The Hall–Kier alpha value is -6.92. The van der Waals surface area contributed by atoms with Gasteiger partial charge in [-0.2, -0.15) is 18.1 Å². The summed E-state index contributed by atoms with van der Waals surface area (Å²) in [6.45, 7) is 0. The smallest absolute Gasteiger partial charge is 0.288 e. The highest BCUT2D eigenvalue weighted by molar-refractivity contribution is 7.90. The number of phenolic OH excluding ortho intramolecular Hbond substituents is 4. The topological polar surface area (TPSA) is 167 Å². The Balaban J connectivity index is 1.58. The lowest BCUT2D eigenvalue weighted by atomic mass is 10.3. The van der Waals surface area contributed by atoms with Crippen LogP contribution in [0.25, 0.3) is 0 Å². The monoisotopic (exact) mass is 924 g/mol. The summed E-state index contributed by atoms with van der Waals surface area (Å²) in [6, 6.07) is 62.4. The number of hydrogen-bond acceptors (Lipinski definition) is 12. The van der Waals surface area contributed by atoms with Crippen molar-refractivity contribution < 1.29 is 38.5 Å². The van der Waals surface area contributed by atoms with E-state index in [9.17, 15) is 20.4 Å². The van der Waals surface area contributed by atoms with Gasteiger partial charge in [-0.25, -0.2) is 0 Å². The Morgan fingerprint density at radius 2 is 0.406 bits per heavy atom. The van der Waals surface area contributed by atoms with E-state index in [1.165, 1.54) is 48.5 Å². The molecule has 4 N–H and O–H groups in total. The molecule has 12 nitrogen and oxygen atoms in total. The molecule has 16 heteroatoms. The first-order chi connectivity index (χ1) is 31.1. The second-order valence-electron chi connectivity index (χ2n) is 14.2. The summed E-state index contributed by atoms with van der Waals surface area (Å²) in [7, 11) is -16.3. The van der Waals surface area contributed by atoms with Gasteiger partial charge in [0.15, 0.2) is 0 Å². The average Bonchev–Trinajstić information content (AvgIpc) is 3.30. The minimum Gasteiger partial charge on any atom is -0.508 e. The largest absolute Gasteiger partial charge is 0.508 e. The SMILES string of the molecule is Oc1ccc(P2(Oc3ccccc3)=NP(Oc3ccccc3)(c3ccc(O)cc3)=NP(Oc3ccccc3)(c3ccc(O)cc3)=NP(Oc3ccccc3)(c3ccc(O)cc3)=N2)cc1. The first-order valence-electron chi connectivity index (χ1n) is 19.9. The van der Waals surface area contributed by atoms with Gasteiger partial charge < -0.3 is 38.5 Å². The van der Waals surface area contributed by atoms with Gasteiger partial charge in [0.2, 0.25) is 0 Å². The Kier molecular flexibility index (Phi) is 12.0. The molecule has 0 atom stereocenters. The quantitative estimate of drug-likeness (QED) is 0.0878. The molecule has 9 rings (SSSR count). The molecule has 0 unspecified atom stereocenters. The highest BCUT2D eigenvalue weighted by atomic mass is 31.3. The lowest BCUT2D eigenvalue weighted by Crippen LogP contribution is -2.18. The fourth-order valence-electron chi connectivity index (χ4n) is 6.60. The van der Waals surface area contributed by atoms with Gasteiger partial charge in [0.25, 0.3) is 29.7 Å². The molecule has 0 aliphatic carbocycles. The third-order valence-corrected chi connectivity index (χ3v) is 23.1. The van der Waals surface area contributed by atoms with Crippen molar-refractivity contribution in [2.45, 2.75) is 0 Å². The molecule has 0 saturated heterocycles. The summed E-state index contributed by atoms with van der Waals surface area (Å²) < 4.78 is 52.7. The molecule has 1 aliphatic rings. The van der Waals surface area contributed by atoms with E-state index >= 15 is 0 Å². The molecule has 8 aromatic rings. The maximum Gasteiger partial charge on any atom is 0.288 e. The number of hydrogen-bond donors (Lipinski definition) is 4. The molecular weight excluding hydrogens is 884 g/mol. The van der Waals surface area contributed by atoms with Crippen LogP contribution in [0.1, 0.15) is 0 Å². The number of benzene rings is 8. The molecule has 0 spiro atoms. The van der Waals surface area contributed by atoms with E-state index in [2.05, 4.69) is 0 Å². The number of rotatable bonds is 12. The Labute approximate surface area is 370 Å². The first kappa shape index (κ1) is 42.4. The van der Waals surface area contributed by atoms with E-state index < -0.39 is 29.7 Å². The van der Waals surface area contributed by atoms with Gasteiger partial charge in [-0.15, -0.1) is 0 Å². The van der Waals surface area contributed by atoms with Crippen LogP contribution in [0.2, 0.25) is 0 Å². The zero-order chi connectivity index (χ0) is 44.0. The Morgan fingerprint density at radius 3 is 0.578 bits per heavy atom. The van der Waals surface area contributed by atoms with E-state index in [4.69, 9.17) is 36.2 Å².